The Labute approximate surface area is 356 Å². The van der Waals surface area contributed by atoms with Crippen LogP contribution in [-0.2, 0) is 27.8 Å². The normalized spacial score (nSPS) is 22.1. The van der Waals surface area contributed by atoms with Gasteiger partial charge in [-0.15, -0.1) is 0 Å². The Kier molecular flexibility index (Phi) is 12.0. The summed E-state index contributed by atoms with van der Waals surface area (Å²) in [5.74, 6) is 0.629. The fraction of sp³-hybridized carbons (Fsp3) is 0.523. The molecule has 0 bridgehead atoms. The molecule has 6 heterocycles. The van der Waals surface area contributed by atoms with Crippen LogP contribution in [0.4, 0.5) is 20.3 Å². The zero-order valence-electron chi connectivity index (χ0n) is 34.7. The van der Waals surface area contributed by atoms with Crippen molar-refractivity contribution in [3.63, 3.8) is 0 Å². The molecule has 4 fully saturated rings. The Bertz CT molecular complexity index is 2500. The Morgan fingerprint density at radius 1 is 1.05 bits per heavy atom. The summed E-state index contributed by atoms with van der Waals surface area (Å²) in [7, 11) is 1.72. The van der Waals surface area contributed by atoms with Gasteiger partial charge in [0, 0.05) is 64.2 Å². The third kappa shape index (κ3) is 9.07. The van der Waals surface area contributed by atoms with E-state index in [1.54, 1.807) is 34.6 Å². The van der Waals surface area contributed by atoms with E-state index in [1.165, 1.54) is 29.9 Å². The number of piperidine rings is 1. The Morgan fingerprint density at radius 2 is 1.87 bits per heavy atom. The third-order valence-corrected chi connectivity index (χ3v) is 12.8. The van der Waals surface area contributed by atoms with E-state index in [0.717, 1.165) is 75.8 Å². The average Bonchev–Trinajstić information content (AvgIpc) is 3.55. The van der Waals surface area contributed by atoms with Crippen molar-refractivity contribution < 1.29 is 32.3 Å². The van der Waals surface area contributed by atoms with Crippen molar-refractivity contribution >= 4 is 40.3 Å². The topological polar surface area (TPSA) is 183 Å². The van der Waals surface area contributed by atoms with Gasteiger partial charge in [0.1, 0.15) is 18.1 Å². The van der Waals surface area contributed by atoms with Crippen LogP contribution in [0.5, 0.6) is 0 Å². The zero-order valence-corrected chi connectivity index (χ0v) is 34.7. The number of rotatable bonds is 16. The van der Waals surface area contributed by atoms with Crippen molar-refractivity contribution in [1.29, 1.82) is 0 Å². The molecule has 3 N–H and O–H groups in total. The fourth-order valence-corrected chi connectivity index (χ4v) is 9.30. The number of para-hydroxylation sites is 1. The number of hydrogen-bond donors (Lipinski definition) is 3. The van der Waals surface area contributed by atoms with E-state index in [-0.39, 0.29) is 47.4 Å². The number of pyridine rings is 1. The van der Waals surface area contributed by atoms with Crippen molar-refractivity contribution in [1.82, 2.24) is 39.1 Å². The lowest BCUT2D eigenvalue weighted by molar-refractivity contribution is -0.135. The molecule has 2 saturated carbocycles. The molecule has 1 aromatic carbocycles. The van der Waals surface area contributed by atoms with Gasteiger partial charge in [-0.1, -0.05) is 12.1 Å². The Hall–Kier alpha value is -5.75. The molecule has 5 aromatic rings. The van der Waals surface area contributed by atoms with Crippen molar-refractivity contribution in [3.8, 4) is 11.5 Å². The van der Waals surface area contributed by atoms with E-state index < -0.39 is 30.0 Å². The minimum absolute atomic E-state index is 0.0317. The van der Waals surface area contributed by atoms with Gasteiger partial charge in [0.2, 0.25) is 17.7 Å². The van der Waals surface area contributed by atoms with Crippen LogP contribution >= 0.6 is 0 Å². The summed E-state index contributed by atoms with van der Waals surface area (Å²) in [4.78, 5) is 61.9. The first-order chi connectivity index (χ1) is 30.1. The van der Waals surface area contributed by atoms with E-state index in [4.69, 9.17) is 9.15 Å². The van der Waals surface area contributed by atoms with Gasteiger partial charge < -0.3 is 24.7 Å². The second kappa shape index (κ2) is 17.9. The lowest BCUT2D eigenvalue weighted by Gasteiger charge is -2.31. The number of fused-ring (bicyclic) bond motifs is 1. The molecule has 9 rings (SSSR count). The third-order valence-electron chi connectivity index (χ3n) is 12.8. The lowest BCUT2D eigenvalue weighted by Crippen LogP contribution is -2.44. The van der Waals surface area contributed by atoms with E-state index in [1.807, 2.05) is 18.2 Å². The number of nitrogens with zero attached hydrogens (tertiary/aromatic N) is 7. The molecule has 4 aliphatic rings. The van der Waals surface area contributed by atoms with Crippen molar-refractivity contribution in [2.75, 3.05) is 43.4 Å². The SMILES string of the molecule is Cn1c(=O)n(C2CCC(=O)NC2=O)c2cccc(CCCO[C@@H]3CCN(CC4CCC(n5cc(NC(=O)c6coc(-c7ccnc(NCC8CC8)c7)n6)c(C(F)F)n5)CC4)C3)c21. The molecule has 4 aromatic heterocycles. The van der Waals surface area contributed by atoms with Crippen molar-refractivity contribution in [2.24, 2.45) is 18.9 Å². The molecule has 2 atom stereocenters. The summed E-state index contributed by atoms with van der Waals surface area (Å²) in [6, 6.07) is 8.52. The second-order valence-electron chi connectivity index (χ2n) is 17.2. The van der Waals surface area contributed by atoms with Crippen LogP contribution < -0.4 is 21.6 Å². The maximum atomic E-state index is 14.2. The number of likely N-dealkylation sites (tertiary alicyclic amines) is 1. The first kappa shape index (κ1) is 41.6. The number of aryl methyl sites for hydroxylation is 2. The highest BCUT2D eigenvalue weighted by molar-refractivity contribution is 6.03. The highest BCUT2D eigenvalue weighted by Crippen LogP contribution is 2.36. The molecule has 18 heteroatoms. The maximum Gasteiger partial charge on any atom is 0.329 e. The van der Waals surface area contributed by atoms with Crippen molar-refractivity contribution in [2.45, 2.75) is 95.2 Å². The smallest absolute Gasteiger partial charge is 0.329 e. The quantitative estimate of drug-likeness (QED) is 0.0778. The molecular formula is C44H52F2N10O6. The standard InChI is InChI=1S/C44H52F2N10O6/c1-53-39-28(4-2-6-34(39)56(44(53)60)35-13-14-37(57)51-42(35)59)5-3-19-61-31-16-18-54(23-31)22-27-9-11-30(12-10-27)55-24-32(38(52-55)40(45)46)49-41(58)33-25-62-43(50-33)29-15-17-47-36(20-29)48-21-26-7-8-26/h2,4,6,15,17,20,24-27,30-31,35,40H,3,5,7-14,16,18-19,21-23H2,1H3,(H,47,48)(H,49,58)(H,51,57,59)/t27?,30?,31-,35?/m1/s1. The predicted octanol–water partition coefficient (Wildman–Crippen LogP) is 6.03. The number of oxazole rings is 1. The summed E-state index contributed by atoms with van der Waals surface area (Å²) in [5, 5.41) is 12.5. The number of carbonyl (C=O) groups is 3. The van der Waals surface area contributed by atoms with Gasteiger partial charge >= 0.3 is 5.69 Å². The summed E-state index contributed by atoms with van der Waals surface area (Å²) >= 11 is 0. The first-order valence-electron chi connectivity index (χ1n) is 21.8. The molecular weight excluding hydrogens is 803 g/mol. The highest BCUT2D eigenvalue weighted by atomic mass is 19.3. The number of hydrogen-bond acceptors (Lipinski definition) is 11. The van der Waals surface area contributed by atoms with Crippen LogP contribution in [0.25, 0.3) is 22.5 Å². The minimum atomic E-state index is -2.87. The van der Waals surface area contributed by atoms with E-state index in [0.29, 0.717) is 48.2 Å². The van der Waals surface area contributed by atoms with E-state index >= 15 is 0 Å². The molecule has 2 saturated heterocycles. The number of benzene rings is 1. The number of aromatic nitrogens is 6. The van der Waals surface area contributed by atoms with Gasteiger partial charge in [-0.2, -0.15) is 5.10 Å². The van der Waals surface area contributed by atoms with Gasteiger partial charge in [-0.05, 0) is 99.8 Å². The number of carbonyl (C=O) groups excluding carboxylic acids is 3. The van der Waals surface area contributed by atoms with Crippen LogP contribution in [0.2, 0.25) is 0 Å². The first-order valence-corrected chi connectivity index (χ1v) is 21.8. The molecule has 0 radical (unpaired) electrons. The molecule has 328 valence electrons. The summed E-state index contributed by atoms with van der Waals surface area (Å²) in [6.45, 7) is 4.19. The minimum Gasteiger partial charge on any atom is -0.444 e. The largest absolute Gasteiger partial charge is 0.444 e. The molecule has 62 heavy (non-hydrogen) atoms. The molecule has 2 aliphatic heterocycles. The van der Waals surface area contributed by atoms with Crippen LogP contribution in [-0.4, -0.2) is 90.4 Å². The average molecular weight is 855 g/mol. The Morgan fingerprint density at radius 3 is 2.66 bits per heavy atom. The van der Waals surface area contributed by atoms with Gasteiger partial charge in [-0.25, -0.2) is 23.5 Å². The molecule has 1 unspecified atom stereocenters. The Balaban J connectivity index is 0.728. The van der Waals surface area contributed by atoms with Crippen LogP contribution in [0.1, 0.15) is 104 Å². The molecule has 16 nitrogen and oxygen atoms in total. The fourth-order valence-electron chi connectivity index (χ4n) is 9.30. The van der Waals surface area contributed by atoms with E-state index in [9.17, 15) is 28.0 Å². The van der Waals surface area contributed by atoms with Crippen LogP contribution in [0, 0.1) is 11.8 Å². The van der Waals surface area contributed by atoms with Gasteiger partial charge in [0.25, 0.3) is 12.3 Å². The number of alkyl halides is 2. The van der Waals surface area contributed by atoms with Crippen LogP contribution in [0.3, 0.4) is 0 Å². The second-order valence-corrected chi connectivity index (χ2v) is 17.2. The maximum absolute atomic E-state index is 14.2. The summed E-state index contributed by atoms with van der Waals surface area (Å²) in [5.41, 5.74) is 2.31. The zero-order chi connectivity index (χ0) is 42.9. The monoisotopic (exact) mass is 854 g/mol. The van der Waals surface area contributed by atoms with Gasteiger partial charge in [-0.3, -0.25) is 33.5 Å². The number of nitrogens with one attached hydrogen (secondary N) is 3. The molecule has 3 amide bonds. The predicted molar refractivity (Wildman–Crippen MR) is 225 cm³/mol. The molecule has 0 spiro atoms. The lowest BCUT2D eigenvalue weighted by atomic mass is 9.86. The van der Waals surface area contributed by atoms with Gasteiger partial charge in [0.05, 0.1) is 28.9 Å². The number of ether oxygens (including phenoxy) is 1. The van der Waals surface area contributed by atoms with Crippen LogP contribution in [0.15, 0.2) is 58.2 Å². The number of imidazole rings is 1. The number of imide groups is 1. The van der Waals surface area contributed by atoms with Crippen molar-refractivity contribution in [3.05, 3.63) is 76.4 Å². The molecule has 2 aliphatic carbocycles. The number of anilines is 2. The van der Waals surface area contributed by atoms with E-state index in [2.05, 4.69) is 35.9 Å². The number of halogens is 2. The summed E-state index contributed by atoms with van der Waals surface area (Å²) < 4.78 is 45.0. The highest BCUT2D eigenvalue weighted by Gasteiger charge is 2.33. The number of amides is 3. The van der Waals surface area contributed by atoms with Gasteiger partial charge in [0.15, 0.2) is 11.4 Å². The summed E-state index contributed by atoms with van der Waals surface area (Å²) in [6.07, 6.45) is 10.4.